The quantitative estimate of drug-likeness (QED) is 0.765. The van der Waals surface area contributed by atoms with Crippen LogP contribution in [-0.4, -0.2) is 9.97 Å². The molecule has 0 N–H and O–H groups in total. The molecule has 1 aromatic heterocycles. The number of rotatable bonds is 2. The molecule has 1 heterocycles. The predicted molar refractivity (Wildman–Crippen MR) is 63.0 cm³/mol. The summed E-state index contributed by atoms with van der Waals surface area (Å²) in [6.45, 7) is 3.46. The van der Waals surface area contributed by atoms with Gasteiger partial charge in [0.25, 0.3) is 0 Å². The van der Waals surface area contributed by atoms with E-state index in [1.165, 1.54) is 12.1 Å². The summed E-state index contributed by atoms with van der Waals surface area (Å²) in [7, 11) is 0. The van der Waals surface area contributed by atoms with Crippen molar-refractivity contribution in [2.75, 3.05) is 0 Å². The van der Waals surface area contributed by atoms with Crippen LogP contribution >= 0.6 is 11.6 Å². The van der Waals surface area contributed by atoms with Gasteiger partial charge in [-0.3, -0.25) is 0 Å². The second-order valence-electron chi connectivity index (χ2n) is 3.63. The first-order chi connectivity index (χ1) is 8.04. The van der Waals surface area contributed by atoms with E-state index in [0.29, 0.717) is 22.9 Å². The van der Waals surface area contributed by atoms with Crippen molar-refractivity contribution in [3.05, 3.63) is 46.6 Å². The summed E-state index contributed by atoms with van der Waals surface area (Å²) >= 11 is 5.71. The summed E-state index contributed by atoms with van der Waals surface area (Å²) < 4.78 is 18.5. The summed E-state index contributed by atoms with van der Waals surface area (Å²) in [5.74, 6) is 0.584. The molecule has 0 amide bonds. The number of aromatic nitrogens is 2. The third-order valence-electron chi connectivity index (χ3n) is 2.16. The Kier molecular flexibility index (Phi) is 3.24. The molecule has 17 heavy (non-hydrogen) atoms. The van der Waals surface area contributed by atoms with E-state index < -0.39 is 0 Å². The maximum atomic E-state index is 13.1. The molecule has 0 saturated heterocycles. The Morgan fingerprint density at radius 1 is 1.18 bits per heavy atom. The fourth-order valence-electron chi connectivity index (χ4n) is 1.36. The minimum atomic E-state index is -0.269. The van der Waals surface area contributed by atoms with Crippen molar-refractivity contribution in [2.24, 2.45) is 0 Å². The molecule has 0 aliphatic carbocycles. The minimum absolute atomic E-state index is 0.124. The Bertz CT molecular complexity index is 540. The van der Waals surface area contributed by atoms with E-state index in [4.69, 9.17) is 16.3 Å². The van der Waals surface area contributed by atoms with Crippen molar-refractivity contribution < 1.29 is 9.13 Å². The van der Waals surface area contributed by atoms with Crippen LogP contribution in [0.3, 0.4) is 0 Å². The van der Waals surface area contributed by atoms with Gasteiger partial charge in [0.05, 0.1) is 0 Å². The van der Waals surface area contributed by atoms with E-state index >= 15 is 0 Å². The van der Waals surface area contributed by atoms with Crippen molar-refractivity contribution >= 4 is 11.6 Å². The van der Waals surface area contributed by atoms with Crippen LogP contribution in [0.25, 0.3) is 0 Å². The Hall–Kier alpha value is -1.68. The Morgan fingerprint density at radius 2 is 1.94 bits per heavy atom. The van der Waals surface area contributed by atoms with Gasteiger partial charge in [0, 0.05) is 11.8 Å². The average molecular weight is 253 g/mol. The highest BCUT2D eigenvalue weighted by Crippen LogP contribution is 2.23. The molecule has 0 unspecified atom stereocenters. The normalized spacial score (nSPS) is 10.4. The zero-order chi connectivity index (χ0) is 12.4. The topological polar surface area (TPSA) is 35.0 Å². The van der Waals surface area contributed by atoms with Gasteiger partial charge in [0.2, 0.25) is 11.2 Å². The van der Waals surface area contributed by atoms with Crippen LogP contribution in [0.5, 0.6) is 11.6 Å². The van der Waals surface area contributed by atoms with Gasteiger partial charge >= 0.3 is 0 Å². The van der Waals surface area contributed by atoms with Gasteiger partial charge in [-0.15, -0.1) is 0 Å². The number of ether oxygens (including phenoxy) is 1. The Balaban J connectivity index is 2.28. The molecule has 0 spiro atoms. The monoisotopic (exact) mass is 252 g/mol. The largest absolute Gasteiger partial charge is 0.439 e. The van der Waals surface area contributed by atoms with Gasteiger partial charge in [-0.25, -0.2) is 9.37 Å². The molecule has 3 nitrogen and oxygen atoms in total. The van der Waals surface area contributed by atoms with Crippen LogP contribution in [-0.2, 0) is 0 Å². The van der Waals surface area contributed by atoms with Crippen LogP contribution in [0.2, 0.25) is 5.28 Å². The predicted octanol–water partition coefficient (Wildman–Crippen LogP) is 3.68. The lowest BCUT2D eigenvalue weighted by atomic mass is 10.2. The van der Waals surface area contributed by atoms with Gasteiger partial charge in [-0.1, -0.05) is 0 Å². The highest BCUT2D eigenvalue weighted by molar-refractivity contribution is 6.28. The lowest BCUT2D eigenvalue weighted by Gasteiger charge is -2.06. The summed E-state index contributed by atoms with van der Waals surface area (Å²) in [5, 5.41) is 0.124. The minimum Gasteiger partial charge on any atom is -0.439 e. The average Bonchev–Trinajstić information content (AvgIpc) is 2.22. The molecule has 2 aromatic rings. The molecule has 0 aliphatic rings. The number of halogens is 2. The summed E-state index contributed by atoms with van der Waals surface area (Å²) in [6, 6.07) is 6.14. The van der Waals surface area contributed by atoms with Gasteiger partial charge in [-0.2, -0.15) is 4.98 Å². The number of hydrogen-bond acceptors (Lipinski definition) is 3. The van der Waals surface area contributed by atoms with Crippen LogP contribution in [0.4, 0.5) is 4.39 Å². The van der Waals surface area contributed by atoms with Crippen molar-refractivity contribution in [1.29, 1.82) is 0 Å². The van der Waals surface area contributed by atoms with Crippen LogP contribution < -0.4 is 4.74 Å². The molecular weight excluding hydrogens is 243 g/mol. The molecule has 0 bridgehead atoms. The van der Waals surface area contributed by atoms with Crippen molar-refractivity contribution in [3.8, 4) is 11.6 Å². The molecular formula is C12H10ClFN2O. The highest BCUT2D eigenvalue weighted by Gasteiger charge is 2.04. The molecule has 88 valence electrons. The lowest BCUT2D eigenvalue weighted by Crippen LogP contribution is -1.93. The van der Waals surface area contributed by atoms with E-state index in [2.05, 4.69) is 9.97 Å². The van der Waals surface area contributed by atoms with Crippen LogP contribution in [0.1, 0.15) is 11.3 Å². The smallest absolute Gasteiger partial charge is 0.225 e. The van der Waals surface area contributed by atoms with Gasteiger partial charge in [-0.05, 0) is 49.2 Å². The van der Waals surface area contributed by atoms with Crippen molar-refractivity contribution in [2.45, 2.75) is 13.8 Å². The van der Waals surface area contributed by atoms with Crippen molar-refractivity contribution in [3.63, 3.8) is 0 Å². The Labute approximate surface area is 103 Å². The van der Waals surface area contributed by atoms with E-state index in [9.17, 15) is 4.39 Å². The SMILES string of the molecule is Cc1cc(Oc2ccc(F)c(C)c2)nc(Cl)n1. The summed E-state index contributed by atoms with van der Waals surface area (Å²) in [4.78, 5) is 7.84. The second-order valence-corrected chi connectivity index (χ2v) is 3.97. The number of benzene rings is 1. The molecule has 0 atom stereocenters. The zero-order valence-corrected chi connectivity index (χ0v) is 10.1. The fraction of sp³-hybridized carbons (Fsp3) is 0.167. The molecule has 0 aliphatic heterocycles. The van der Waals surface area contributed by atoms with E-state index in [0.717, 1.165) is 0 Å². The number of nitrogens with zero attached hydrogens (tertiary/aromatic N) is 2. The summed E-state index contributed by atoms with van der Waals surface area (Å²) in [5.41, 5.74) is 1.22. The lowest BCUT2D eigenvalue weighted by molar-refractivity contribution is 0.458. The van der Waals surface area contributed by atoms with Gasteiger partial charge in [0.15, 0.2) is 0 Å². The molecule has 0 fully saturated rings. The standard InChI is InChI=1S/C12H10ClFN2O/c1-7-5-9(3-4-10(7)14)17-11-6-8(2)15-12(13)16-11/h3-6H,1-2H3. The molecule has 0 radical (unpaired) electrons. The first-order valence-corrected chi connectivity index (χ1v) is 5.37. The van der Waals surface area contributed by atoms with E-state index in [-0.39, 0.29) is 11.1 Å². The molecule has 2 rings (SSSR count). The third-order valence-corrected chi connectivity index (χ3v) is 2.32. The Morgan fingerprint density at radius 3 is 2.59 bits per heavy atom. The second kappa shape index (κ2) is 4.67. The van der Waals surface area contributed by atoms with E-state index in [1.807, 2.05) is 0 Å². The highest BCUT2D eigenvalue weighted by atomic mass is 35.5. The first-order valence-electron chi connectivity index (χ1n) is 5.00. The summed E-state index contributed by atoms with van der Waals surface area (Å²) in [6.07, 6.45) is 0. The zero-order valence-electron chi connectivity index (χ0n) is 9.37. The first kappa shape index (κ1) is 11.8. The third kappa shape index (κ3) is 2.91. The van der Waals surface area contributed by atoms with Gasteiger partial charge in [0.1, 0.15) is 11.6 Å². The van der Waals surface area contributed by atoms with Crippen LogP contribution in [0.15, 0.2) is 24.3 Å². The molecule has 5 heteroatoms. The molecule has 0 saturated carbocycles. The van der Waals surface area contributed by atoms with E-state index in [1.54, 1.807) is 26.0 Å². The maximum Gasteiger partial charge on any atom is 0.225 e. The van der Waals surface area contributed by atoms with Gasteiger partial charge < -0.3 is 4.74 Å². The number of hydrogen-bond donors (Lipinski definition) is 0. The van der Waals surface area contributed by atoms with Crippen LogP contribution in [0, 0.1) is 19.7 Å². The van der Waals surface area contributed by atoms with Crippen molar-refractivity contribution in [1.82, 2.24) is 9.97 Å². The fourth-order valence-corrected chi connectivity index (χ4v) is 1.58. The number of aryl methyl sites for hydroxylation is 2. The maximum absolute atomic E-state index is 13.1. The molecule has 1 aromatic carbocycles.